The number of thioether (sulfide) groups is 1. The quantitative estimate of drug-likeness (QED) is 0.647. The van der Waals surface area contributed by atoms with Gasteiger partial charge in [-0.05, 0) is 56.5 Å². The van der Waals surface area contributed by atoms with Crippen molar-refractivity contribution < 1.29 is 9.47 Å². The summed E-state index contributed by atoms with van der Waals surface area (Å²) in [5.41, 5.74) is 6.50. The summed E-state index contributed by atoms with van der Waals surface area (Å²) in [6.45, 7) is 3.93. The number of anilines is 1. The van der Waals surface area contributed by atoms with Crippen molar-refractivity contribution >= 4 is 17.4 Å². The summed E-state index contributed by atoms with van der Waals surface area (Å²) in [6.07, 6.45) is 2.12. The van der Waals surface area contributed by atoms with Gasteiger partial charge in [-0.2, -0.15) is 0 Å². The number of hydrogen-bond donors (Lipinski definition) is 1. The Bertz CT molecular complexity index is 567. The average Bonchev–Trinajstić information content (AvgIpc) is 2.43. The van der Waals surface area contributed by atoms with Crippen LogP contribution < -0.4 is 15.2 Å². The minimum absolute atomic E-state index is 0.0772. The molecule has 4 heteroatoms. The van der Waals surface area contributed by atoms with Crippen molar-refractivity contribution in [2.45, 2.75) is 24.8 Å². The van der Waals surface area contributed by atoms with Crippen molar-refractivity contribution in [2.24, 2.45) is 0 Å². The van der Waals surface area contributed by atoms with Crippen molar-refractivity contribution in [3.63, 3.8) is 0 Å². The maximum Gasteiger partial charge on any atom is 0.146 e. The monoisotopic (exact) mass is 289 g/mol. The molecule has 0 saturated heterocycles. The maximum absolute atomic E-state index is 5.89. The first-order valence-electron chi connectivity index (χ1n) is 6.46. The van der Waals surface area contributed by atoms with E-state index in [1.54, 1.807) is 17.8 Å². The summed E-state index contributed by atoms with van der Waals surface area (Å²) in [5.74, 6) is 2.16. The van der Waals surface area contributed by atoms with Gasteiger partial charge in [-0.25, -0.2) is 0 Å². The number of nitrogen functional groups attached to an aromatic ring is 1. The highest BCUT2D eigenvalue weighted by Gasteiger charge is 2.06. The molecule has 20 heavy (non-hydrogen) atoms. The van der Waals surface area contributed by atoms with Crippen LogP contribution in [-0.2, 0) is 0 Å². The van der Waals surface area contributed by atoms with E-state index in [0.717, 1.165) is 5.75 Å². The summed E-state index contributed by atoms with van der Waals surface area (Å²) >= 11 is 1.70. The van der Waals surface area contributed by atoms with E-state index in [9.17, 15) is 0 Å². The number of hydrogen-bond acceptors (Lipinski definition) is 4. The molecule has 0 saturated carbocycles. The summed E-state index contributed by atoms with van der Waals surface area (Å²) in [7, 11) is 0. The fourth-order valence-electron chi connectivity index (χ4n) is 1.71. The molecule has 2 N–H and O–H groups in total. The van der Waals surface area contributed by atoms with Crippen LogP contribution in [0.4, 0.5) is 5.69 Å². The molecule has 0 aliphatic carbocycles. The normalized spacial score (nSPS) is 10.6. The molecule has 2 aromatic rings. The molecule has 3 nitrogen and oxygen atoms in total. The molecule has 0 fully saturated rings. The highest BCUT2D eigenvalue weighted by Crippen LogP contribution is 2.31. The lowest BCUT2D eigenvalue weighted by Gasteiger charge is -2.14. The third-order valence-corrected chi connectivity index (χ3v) is 3.39. The molecule has 0 amide bonds. The molecular formula is C16H19NO2S. The standard InChI is InChI=1S/C16H19NO2S/c1-11(2)18-16-10-13(6-9-15(16)17)19-12-4-7-14(20-3)8-5-12/h4-11H,17H2,1-3H3. The van der Waals surface area contributed by atoms with Gasteiger partial charge in [0.05, 0.1) is 11.8 Å². The SMILES string of the molecule is CSc1ccc(Oc2ccc(N)c(OC(C)C)c2)cc1. The molecule has 0 spiro atoms. The van der Waals surface area contributed by atoms with Gasteiger partial charge in [0, 0.05) is 11.0 Å². The lowest BCUT2D eigenvalue weighted by molar-refractivity contribution is 0.243. The van der Waals surface area contributed by atoms with E-state index in [4.69, 9.17) is 15.2 Å². The lowest BCUT2D eigenvalue weighted by atomic mass is 10.2. The van der Waals surface area contributed by atoms with E-state index < -0.39 is 0 Å². The van der Waals surface area contributed by atoms with E-state index in [1.165, 1.54) is 4.90 Å². The van der Waals surface area contributed by atoms with Crippen LogP contribution in [0.5, 0.6) is 17.2 Å². The molecule has 0 radical (unpaired) electrons. The fourth-order valence-corrected chi connectivity index (χ4v) is 2.12. The van der Waals surface area contributed by atoms with E-state index >= 15 is 0 Å². The molecule has 0 atom stereocenters. The number of ether oxygens (including phenoxy) is 2. The summed E-state index contributed by atoms with van der Waals surface area (Å²) in [5, 5.41) is 0. The fraction of sp³-hybridized carbons (Fsp3) is 0.250. The molecule has 0 aliphatic heterocycles. The Balaban J connectivity index is 2.16. The second kappa shape index (κ2) is 6.57. The van der Waals surface area contributed by atoms with Crippen LogP contribution in [0.2, 0.25) is 0 Å². The first-order valence-corrected chi connectivity index (χ1v) is 7.69. The zero-order valence-electron chi connectivity index (χ0n) is 11.9. The summed E-state index contributed by atoms with van der Waals surface area (Å²) in [6, 6.07) is 13.4. The molecule has 2 aromatic carbocycles. The topological polar surface area (TPSA) is 44.5 Å². The van der Waals surface area contributed by atoms with Gasteiger partial charge in [-0.3, -0.25) is 0 Å². The maximum atomic E-state index is 5.89. The minimum atomic E-state index is 0.0772. The second-order valence-corrected chi connectivity index (χ2v) is 5.52. The van der Waals surface area contributed by atoms with Crippen LogP contribution in [0.15, 0.2) is 47.4 Å². The van der Waals surface area contributed by atoms with Gasteiger partial charge in [0.25, 0.3) is 0 Å². The van der Waals surface area contributed by atoms with Crippen molar-refractivity contribution in [2.75, 3.05) is 12.0 Å². The molecule has 2 rings (SSSR count). The third-order valence-electron chi connectivity index (χ3n) is 2.64. The van der Waals surface area contributed by atoms with Gasteiger partial charge < -0.3 is 15.2 Å². The van der Waals surface area contributed by atoms with Gasteiger partial charge in [0.1, 0.15) is 17.2 Å². The predicted molar refractivity (Wildman–Crippen MR) is 84.9 cm³/mol. The Hall–Kier alpha value is -1.81. The van der Waals surface area contributed by atoms with Gasteiger partial charge in [-0.15, -0.1) is 11.8 Å². The Morgan fingerprint density at radius 3 is 2.25 bits per heavy atom. The summed E-state index contributed by atoms with van der Waals surface area (Å²) in [4.78, 5) is 1.21. The third kappa shape index (κ3) is 3.84. The van der Waals surface area contributed by atoms with Crippen LogP contribution in [0.3, 0.4) is 0 Å². The molecule has 0 aliphatic rings. The van der Waals surface area contributed by atoms with Crippen molar-refractivity contribution in [1.82, 2.24) is 0 Å². The minimum Gasteiger partial charge on any atom is -0.489 e. The Morgan fingerprint density at radius 2 is 1.65 bits per heavy atom. The van der Waals surface area contributed by atoms with Crippen molar-refractivity contribution in [3.8, 4) is 17.2 Å². The Labute approximate surface area is 124 Å². The number of benzene rings is 2. The first kappa shape index (κ1) is 14.6. The van der Waals surface area contributed by atoms with Gasteiger partial charge in [0.15, 0.2) is 0 Å². The van der Waals surface area contributed by atoms with Crippen LogP contribution in [0, 0.1) is 0 Å². The highest BCUT2D eigenvalue weighted by atomic mass is 32.2. The lowest BCUT2D eigenvalue weighted by Crippen LogP contribution is -2.07. The Morgan fingerprint density at radius 1 is 1.00 bits per heavy atom. The average molecular weight is 289 g/mol. The van der Waals surface area contributed by atoms with E-state index in [-0.39, 0.29) is 6.10 Å². The molecule has 106 valence electrons. The molecular weight excluding hydrogens is 270 g/mol. The molecule has 0 heterocycles. The molecule has 0 aromatic heterocycles. The van der Waals surface area contributed by atoms with E-state index in [0.29, 0.717) is 17.2 Å². The van der Waals surface area contributed by atoms with E-state index in [1.807, 2.05) is 56.5 Å². The number of nitrogens with two attached hydrogens (primary N) is 1. The van der Waals surface area contributed by atoms with Gasteiger partial charge in [0.2, 0.25) is 0 Å². The van der Waals surface area contributed by atoms with Gasteiger partial charge >= 0.3 is 0 Å². The zero-order valence-corrected chi connectivity index (χ0v) is 12.7. The Kier molecular flexibility index (Phi) is 4.79. The zero-order chi connectivity index (χ0) is 14.5. The van der Waals surface area contributed by atoms with Crippen LogP contribution >= 0.6 is 11.8 Å². The molecule has 0 unspecified atom stereocenters. The van der Waals surface area contributed by atoms with Crippen molar-refractivity contribution in [3.05, 3.63) is 42.5 Å². The van der Waals surface area contributed by atoms with Crippen LogP contribution in [0.1, 0.15) is 13.8 Å². The highest BCUT2D eigenvalue weighted by molar-refractivity contribution is 7.98. The summed E-state index contributed by atoms with van der Waals surface area (Å²) < 4.78 is 11.5. The second-order valence-electron chi connectivity index (χ2n) is 4.64. The predicted octanol–water partition coefficient (Wildman–Crippen LogP) is 4.57. The number of rotatable bonds is 5. The largest absolute Gasteiger partial charge is 0.489 e. The smallest absolute Gasteiger partial charge is 0.146 e. The van der Waals surface area contributed by atoms with E-state index in [2.05, 4.69) is 0 Å². The first-order chi connectivity index (χ1) is 9.58. The van der Waals surface area contributed by atoms with Crippen LogP contribution in [0.25, 0.3) is 0 Å². The van der Waals surface area contributed by atoms with Crippen molar-refractivity contribution in [1.29, 1.82) is 0 Å². The van der Waals surface area contributed by atoms with Crippen LogP contribution in [-0.4, -0.2) is 12.4 Å². The van der Waals surface area contributed by atoms with Gasteiger partial charge in [-0.1, -0.05) is 0 Å². The molecule has 0 bridgehead atoms.